The molecular weight excluding hydrogens is 232 g/mol. The Labute approximate surface area is 97.1 Å². The van der Waals surface area contributed by atoms with Crippen molar-refractivity contribution in [1.29, 1.82) is 0 Å². The summed E-state index contributed by atoms with van der Waals surface area (Å²) in [6.45, 7) is 0.128. The Morgan fingerprint density at radius 3 is 2.88 bits per heavy atom. The Kier molecular flexibility index (Phi) is 5.01. The number of hydrogen-bond donors (Lipinski definition) is 2. The van der Waals surface area contributed by atoms with Crippen LogP contribution in [0.4, 0.5) is 0 Å². The van der Waals surface area contributed by atoms with E-state index in [1.165, 1.54) is 18.5 Å². The van der Waals surface area contributed by atoms with Crippen LogP contribution in [-0.4, -0.2) is 27.8 Å². The highest BCUT2D eigenvalue weighted by Gasteiger charge is 2.18. The standard InChI is InChI=1S/C9H11ClN4O2/c10-7-3-6(4-12-5-7)9(16)8(15)1-2-13-14-11/h3-5,8-9,15-16H,1-2H2. The zero-order valence-corrected chi connectivity index (χ0v) is 9.12. The Morgan fingerprint density at radius 2 is 2.25 bits per heavy atom. The van der Waals surface area contributed by atoms with Crippen molar-refractivity contribution in [3.8, 4) is 0 Å². The van der Waals surface area contributed by atoms with Gasteiger partial charge in [-0.3, -0.25) is 4.98 Å². The van der Waals surface area contributed by atoms with E-state index in [1.807, 2.05) is 0 Å². The van der Waals surface area contributed by atoms with Gasteiger partial charge in [0.05, 0.1) is 11.1 Å². The van der Waals surface area contributed by atoms with Crippen LogP contribution >= 0.6 is 11.6 Å². The molecule has 0 fully saturated rings. The van der Waals surface area contributed by atoms with Gasteiger partial charge in [0.15, 0.2) is 0 Å². The van der Waals surface area contributed by atoms with Crippen molar-refractivity contribution in [2.45, 2.75) is 18.6 Å². The number of rotatable bonds is 5. The van der Waals surface area contributed by atoms with Crippen LogP contribution in [0.1, 0.15) is 18.1 Å². The number of azide groups is 1. The number of nitrogens with zero attached hydrogens (tertiary/aromatic N) is 4. The molecule has 7 heteroatoms. The van der Waals surface area contributed by atoms with Crippen LogP contribution in [0.5, 0.6) is 0 Å². The topological polar surface area (TPSA) is 102 Å². The quantitative estimate of drug-likeness (QED) is 0.468. The van der Waals surface area contributed by atoms with E-state index in [2.05, 4.69) is 15.0 Å². The summed E-state index contributed by atoms with van der Waals surface area (Å²) in [5.41, 5.74) is 8.49. The van der Waals surface area contributed by atoms with Gasteiger partial charge in [-0.2, -0.15) is 0 Å². The van der Waals surface area contributed by atoms with Gasteiger partial charge < -0.3 is 10.2 Å². The number of aliphatic hydroxyl groups is 2. The first-order chi connectivity index (χ1) is 7.65. The van der Waals surface area contributed by atoms with Crippen molar-refractivity contribution < 1.29 is 10.2 Å². The van der Waals surface area contributed by atoms with Crippen LogP contribution in [0.25, 0.3) is 10.4 Å². The SMILES string of the molecule is [N-]=[N+]=NCCC(O)C(O)c1cncc(Cl)c1. The minimum Gasteiger partial charge on any atom is -0.390 e. The first-order valence-electron chi connectivity index (χ1n) is 4.62. The van der Waals surface area contributed by atoms with Gasteiger partial charge in [0, 0.05) is 29.4 Å². The highest BCUT2D eigenvalue weighted by molar-refractivity contribution is 6.30. The fraction of sp³-hybridized carbons (Fsp3) is 0.444. The third kappa shape index (κ3) is 3.67. The smallest absolute Gasteiger partial charge is 0.106 e. The second kappa shape index (κ2) is 6.30. The molecule has 0 aliphatic rings. The fourth-order valence-corrected chi connectivity index (χ4v) is 1.39. The van der Waals surface area contributed by atoms with Crippen LogP contribution in [0, 0.1) is 0 Å². The number of pyridine rings is 1. The maximum Gasteiger partial charge on any atom is 0.106 e. The molecule has 2 N–H and O–H groups in total. The third-order valence-electron chi connectivity index (χ3n) is 2.02. The zero-order valence-electron chi connectivity index (χ0n) is 8.36. The van der Waals surface area contributed by atoms with Crippen molar-refractivity contribution >= 4 is 11.6 Å². The lowest BCUT2D eigenvalue weighted by Gasteiger charge is -2.16. The lowest BCUT2D eigenvalue weighted by molar-refractivity contribution is 0.0148. The molecule has 0 saturated heterocycles. The molecule has 0 aliphatic heterocycles. The lowest BCUT2D eigenvalue weighted by Crippen LogP contribution is -2.19. The van der Waals surface area contributed by atoms with E-state index in [9.17, 15) is 10.2 Å². The van der Waals surface area contributed by atoms with E-state index in [4.69, 9.17) is 17.1 Å². The maximum absolute atomic E-state index is 9.73. The van der Waals surface area contributed by atoms with E-state index in [0.29, 0.717) is 10.6 Å². The largest absolute Gasteiger partial charge is 0.390 e. The Morgan fingerprint density at radius 1 is 1.50 bits per heavy atom. The van der Waals surface area contributed by atoms with E-state index in [-0.39, 0.29) is 13.0 Å². The number of aliphatic hydroxyl groups excluding tert-OH is 2. The zero-order chi connectivity index (χ0) is 12.0. The predicted octanol–water partition coefficient (Wildman–Crippen LogP) is 1.83. The summed E-state index contributed by atoms with van der Waals surface area (Å²) >= 11 is 5.70. The summed E-state index contributed by atoms with van der Waals surface area (Å²) in [5.74, 6) is 0. The number of hydrogen-bond acceptors (Lipinski definition) is 4. The Bertz CT molecular complexity index is 395. The van der Waals surface area contributed by atoms with Crippen molar-refractivity contribution in [3.63, 3.8) is 0 Å². The number of aromatic nitrogens is 1. The van der Waals surface area contributed by atoms with Crippen LogP contribution < -0.4 is 0 Å². The molecule has 0 aliphatic carbocycles. The van der Waals surface area contributed by atoms with Gasteiger partial charge in [0.1, 0.15) is 6.10 Å². The van der Waals surface area contributed by atoms with Gasteiger partial charge in [-0.1, -0.05) is 16.7 Å². The molecule has 0 bridgehead atoms. The fourth-order valence-electron chi connectivity index (χ4n) is 1.20. The Balaban J connectivity index is 2.62. The third-order valence-corrected chi connectivity index (χ3v) is 2.23. The average Bonchev–Trinajstić information content (AvgIpc) is 2.28. The molecule has 2 atom stereocenters. The van der Waals surface area contributed by atoms with Crippen molar-refractivity contribution in [2.24, 2.45) is 5.11 Å². The first-order valence-corrected chi connectivity index (χ1v) is 5.00. The predicted molar refractivity (Wildman–Crippen MR) is 58.8 cm³/mol. The van der Waals surface area contributed by atoms with Crippen LogP contribution in [0.3, 0.4) is 0 Å². The van der Waals surface area contributed by atoms with Gasteiger partial charge in [0.25, 0.3) is 0 Å². The summed E-state index contributed by atoms with van der Waals surface area (Å²) in [6, 6.07) is 1.52. The molecular formula is C9H11ClN4O2. The Hall–Kier alpha value is -1.33. The molecule has 1 rings (SSSR count). The second-order valence-electron chi connectivity index (χ2n) is 3.19. The maximum atomic E-state index is 9.73. The summed E-state index contributed by atoms with van der Waals surface area (Å²) < 4.78 is 0. The molecule has 1 aromatic rings. The van der Waals surface area contributed by atoms with E-state index in [1.54, 1.807) is 0 Å². The molecule has 0 saturated carbocycles. The average molecular weight is 243 g/mol. The van der Waals surface area contributed by atoms with Gasteiger partial charge >= 0.3 is 0 Å². The normalized spacial score (nSPS) is 13.9. The summed E-state index contributed by atoms with van der Waals surface area (Å²) in [4.78, 5) is 6.35. The minimum absolute atomic E-state index is 0.128. The highest BCUT2D eigenvalue weighted by Crippen LogP contribution is 2.20. The molecule has 0 amide bonds. The molecule has 6 nitrogen and oxygen atoms in total. The highest BCUT2D eigenvalue weighted by atomic mass is 35.5. The van der Waals surface area contributed by atoms with Crippen molar-refractivity contribution in [1.82, 2.24) is 4.98 Å². The first kappa shape index (κ1) is 12.7. The van der Waals surface area contributed by atoms with Crippen molar-refractivity contribution in [3.05, 3.63) is 39.5 Å². The molecule has 1 aromatic heterocycles. The van der Waals surface area contributed by atoms with Gasteiger partial charge in [0.2, 0.25) is 0 Å². The monoisotopic (exact) mass is 242 g/mol. The van der Waals surface area contributed by atoms with Crippen molar-refractivity contribution in [2.75, 3.05) is 6.54 Å². The van der Waals surface area contributed by atoms with Gasteiger partial charge in [-0.05, 0) is 18.0 Å². The summed E-state index contributed by atoms with van der Waals surface area (Å²) in [5, 5.41) is 23.0. The molecule has 0 radical (unpaired) electrons. The van der Waals surface area contributed by atoms with Crippen LogP contribution in [0.15, 0.2) is 23.6 Å². The molecule has 2 unspecified atom stereocenters. The summed E-state index contributed by atoms with van der Waals surface area (Å²) in [7, 11) is 0. The molecule has 0 aromatic carbocycles. The molecule has 0 spiro atoms. The lowest BCUT2D eigenvalue weighted by atomic mass is 10.0. The molecule has 1 heterocycles. The number of halogens is 1. The van der Waals surface area contributed by atoms with Crippen LogP contribution in [-0.2, 0) is 0 Å². The summed E-state index contributed by atoms with van der Waals surface area (Å²) in [6.07, 6.45) is 0.945. The molecule has 86 valence electrons. The second-order valence-corrected chi connectivity index (χ2v) is 3.63. The van der Waals surface area contributed by atoms with Gasteiger partial charge in [-0.15, -0.1) is 0 Å². The molecule has 16 heavy (non-hydrogen) atoms. The van der Waals surface area contributed by atoms with Gasteiger partial charge in [-0.25, -0.2) is 0 Å². The van der Waals surface area contributed by atoms with E-state index in [0.717, 1.165) is 0 Å². The van der Waals surface area contributed by atoms with Crippen LogP contribution in [0.2, 0.25) is 5.02 Å². The van der Waals surface area contributed by atoms with E-state index < -0.39 is 12.2 Å². The minimum atomic E-state index is -1.08. The van der Waals surface area contributed by atoms with E-state index >= 15 is 0 Å².